The van der Waals surface area contributed by atoms with E-state index in [1.165, 1.54) is 13.3 Å². The average Bonchev–Trinajstić information content (AvgIpc) is 2.19. The molecule has 0 aliphatic carbocycles. The molecule has 0 bridgehead atoms. The summed E-state index contributed by atoms with van der Waals surface area (Å²) in [7, 11) is 1.52. The number of methoxy groups -OCH3 is 1. The van der Waals surface area contributed by atoms with Crippen molar-refractivity contribution in [2.75, 3.05) is 7.11 Å². The highest BCUT2D eigenvalue weighted by Gasteiger charge is 2.07. The first kappa shape index (κ1) is 9.02. The summed E-state index contributed by atoms with van der Waals surface area (Å²) >= 11 is 5.89. The Morgan fingerprint density at radius 3 is 2.93 bits per heavy atom. The molecule has 5 heteroatoms. The third kappa shape index (κ3) is 1.33. The number of nitrogens with zero attached hydrogens (tertiary/aromatic N) is 2. The second-order valence-electron chi connectivity index (χ2n) is 2.73. The highest BCUT2D eigenvalue weighted by atomic mass is 35.5. The van der Waals surface area contributed by atoms with Crippen molar-refractivity contribution in [3.63, 3.8) is 0 Å². The van der Waals surface area contributed by atoms with Gasteiger partial charge in [-0.15, -0.1) is 0 Å². The molecule has 0 fully saturated rings. The second kappa shape index (κ2) is 3.31. The Kier molecular flexibility index (Phi) is 2.13. The van der Waals surface area contributed by atoms with E-state index in [9.17, 15) is 5.11 Å². The zero-order valence-electron chi connectivity index (χ0n) is 7.36. The van der Waals surface area contributed by atoms with Gasteiger partial charge in [-0.2, -0.15) is 10.2 Å². The maximum atomic E-state index is 9.46. The van der Waals surface area contributed by atoms with Crippen LogP contribution in [0.5, 0.6) is 11.5 Å². The average molecular weight is 211 g/mol. The van der Waals surface area contributed by atoms with Gasteiger partial charge in [0, 0.05) is 11.5 Å². The van der Waals surface area contributed by atoms with E-state index in [4.69, 9.17) is 16.3 Å². The van der Waals surface area contributed by atoms with Crippen LogP contribution in [0.15, 0.2) is 18.3 Å². The molecule has 2 rings (SSSR count). The second-order valence-corrected chi connectivity index (χ2v) is 3.14. The predicted molar refractivity (Wildman–Crippen MR) is 52.8 cm³/mol. The SMILES string of the molecule is COc1cc2nncc(O)c2cc1Cl. The first-order valence-corrected chi connectivity index (χ1v) is 4.28. The zero-order valence-corrected chi connectivity index (χ0v) is 8.12. The number of aromatic nitrogens is 2. The molecule has 1 N–H and O–H groups in total. The van der Waals surface area contributed by atoms with Crippen LogP contribution in [0.25, 0.3) is 10.9 Å². The number of halogens is 1. The van der Waals surface area contributed by atoms with Crippen molar-refractivity contribution in [3.8, 4) is 11.5 Å². The summed E-state index contributed by atoms with van der Waals surface area (Å²) in [6.07, 6.45) is 1.27. The smallest absolute Gasteiger partial charge is 0.145 e. The van der Waals surface area contributed by atoms with E-state index in [2.05, 4.69) is 10.2 Å². The number of hydrogen-bond acceptors (Lipinski definition) is 4. The van der Waals surface area contributed by atoms with Crippen LogP contribution in [-0.4, -0.2) is 22.4 Å². The van der Waals surface area contributed by atoms with Crippen molar-refractivity contribution >= 4 is 22.5 Å². The van der Waals surface area contributed by atoms with Gasteiger partial charge >= 0.3 is 0 Å². The molecule has 1 aromatic heterocycles. The van der Waals surface area contributed by atoms with Crippen LogP contribution in [0.2, 0.25) is 5.02 Å². The lowest BCUT2D eigenvalue weighted by molar-refractivity contribution is 0.415. The number of ether oxygens (including phenoxy) is 1. The van der Waals surface area contributed by atoms with Gasteiger partial charge in [-0.05, 0) is 6.07 Å². The summed E-state index contributed by atoms with van der Waals surface area (Å²) in [4.78, 5) is 0. The molecule has 0 amide bonds. The summed E-state index contributed by atoms with van der Waals surface area (Å²) in [5.41, 5.74) is 0.547. The highest BCUT2D eigenvalue weighted by Crippen LogP contribution is 2.31. The fourth-order valence-electron chi connectivity index (χ4n) is 1.20. The van der Waals surface area contributed by atoms with Gasteiger partial charge in [-0.1, -0.05) is 11.6 Å². The fraction of sp³-hybridized carbons (Fsp3) is 0.111. The molecule has 0 atom stereocenters. The molecule has 4 nitrogen and oxygen atoms in total. The van der Waals surface area contributed by atoms with Crippen LogP contribution < -0.4 is 4.74 Å². The monoisotopic (exact) mass is 210 g/mol. The minimum Gasteiger partial charge on any atom is -0.506 e. The fourth-order valence-corrected chi connectivity index (χ4v) is 1.44. The molecule has 0 aliphatic rings. The standard InChI is InChI=1S/C9H7ClN2O2/c1-14-9-3-7-5(2-6(9)10)8(13)4-11-12-7/h2-4H,1H3,(H,12,13). The molecule has 0 unspecified atom stereocenters. The molecule has 0 aliphatic heterocycles. The number of rotatable bonds is 1. The van der Waals surface area contributed by atoms with Crippen molar-refractivity contribution in [2.45, 2.75) is 0 Å². The largest absolute Gasteiger partial charge is 0.506 e. The van der Waals surface area contributed by atoms with Gasteiger partial charge < -0.3 is 9.84 Å². The quantitative estimate of drug-likeness (QED) is 0.782. The summed E-state index contributed by atoms with van der Waals surface area (Å²) in [5, 5.41) is 17.9. The molecule has 2 aromatic rings. The summed E-state index contributed by atoms with van der Waals surface area (Å²) in [5.74, 6) is 0.568. The molecular weight excluding hydrogens is 204 g/mol. The van der Waals surface area contributed by atoms with E-state index >= 15 is 0 Å². The number of hydrogen-bond donors (Lipinski definition) is 1. The van der Waals surface area contributed by atoms with Gasteiger partial charge in [-0.25, -0.2) is 0 Å². The summed E-state index contributed by atoms with van der Waals surface area (Å²) < 4.78 is 5.01. The van der Waals surface area contributed by atoms with Gasteiger partial charge in [-0.3, -0.25) is 0 Å². The third-order valence-corrected chi connectivity index (χ3v) is 2.19. The number of aromatic hydroxyl groups is 1. The van der Waals surface area contributed by atoms with Crippen LogP contribution >= 0.6 is 11.6 Å². The lowest BCUT2D eigenvalue weighted by atomic mass is 10.2. The Labute approximate surface area is 85.1 Å². The Balaban J connectivity index is 2.79. The minimum absolute atomic E-state index is 0.0551. The number of benzene rings is 1. The summed E-state index contributed by atoms with van der Waals surface area (Å²) in [6.45, 7) is 0. The van der Waals surface area contributed by atoms with Crippen molar-refractivity contribution in [1.29, 1.82) is 0 Å². The molecule has 72 valence electrons. The van der Waals surface area contributed by atoms with Gasteiger partial charge in [0.25, 0.3) is 0 Å². The van der Waals surface area contributed by atoms with E-state index in [-0.39, 0.29) is 5.75 Å². The van der Waals surface area contributed by atoms with E-state index in [0.29, 0.717) is 21.7 Å². The molecule has 0 radical (unpaired) electrons. The van der Waals surface area contributed by atoms with Crippen LogP contribution in [0.4, 0.5) is 0 Å². The van der Waals surface area contributed by atoms with Gasteiger partial charge in [0.2, 0.25) is 0 Å². The normalized spacial score (nSPS) is 10.4. The van der Waals surface area contributed by atoms with Crippen LogP contribution in [0.3, 0.4) is 0 Å². The molecule has 0 spiro atoms. The lowest BCUT2D eigenvalue weighted by Gasteiger charge is -2.04. The maximum absolute atomic E-state index is 9.46. The zero-order chi connectivity index (χ0) is 10.1. The van der Waals surface area contributed by atoms with E-state index in [1.807, 2.05) is 0 Å². The molecular formula is C9H7ClN2O2. The Hall–Kier alpha value is -1.55. The van der Waals surface area contributed by atoms with Crippen molar-refractivity contribution in [1.82, 2.24) is 10.2 Å². The molecule has 1 heterocycles. The highest BCUT2D eigenvalue weighted by molar-refractivity contribution is 6.32. The number of fused-ring (bicyclic) bond motifs is 1. The molecule has 0 saturated carbocycles. The van der Waals surface area contributed by atoms with E-state index in [0.717, 1.165) is 0 Å². The molecule has 14 heavy (non-hydrogen) atoms. The topological polar surface area (TPSA) is 55.2 Å². The Morgan fingerprint density at radius 1 is 1.43 bits per heavy atom. The van der Waals surface area contributed by atoms with Crippen LogP contribution in [-0.2, 0) is 0 Å². The lowest BCUT2D eigenvalue weighted by Crippen LogP contribution is -1.88. The Bertz CT molecular complexity index is 487. The van der Waals surface area contributed by atoms with E-state index < -0.39 is 0 Å². The van der Waals surface area contributed by atoms with Gasteiger partial charge in [0.1, 0.15) is 17.0 Å². The van der Waals surface area contributed by atoms with Crippen LogP contribution in [0, 0.1) is 0 Å². The van der Waals surface area contributed by atoms with E-state index in [1.54, 1.807) is 12.1 Å². The van der Waals surface area contributed by atoms with Crippen LogP contribution in [0.1, 0.15) is 0 Å². The first-order valence-electron chi connectivity index (χ1n) is 3.90. The molecule has 1 aromatic carbocycles. The first-order chi connectivity index (χ1) is 6.72. The predicted octanol–water partition coefficient (Wildman–Crippen LogP) is 2.00. The van der Waals surface area contributed by atoms with Gasteiger partial charge in [0.05, 0.1) is 18.3 Å². The molecule has 0 saturated heterocycles. The summed E-state index contributed by atoms with van der Waals surface area (Å²) in [6, 6.07) is 3.23. The van der Waals surface area contributed by atoms with Crippen molar-refractivity contribution < 1.29 is 9.84 Å². The Morgan fingerprint density at radius 2 is 2.21 bits per heavy atom. The van der Waals surface area contributed by atoms with Crippen molar-refractivity contribution in [2.24, 2.45) is 0 Å². The third-order valence-electron chi connectivity index (χ3n) is 1.89. The van der Waals surface area contributed by atoms with Gasteiger partial charge in [0.15, 0.2) is 0 Å². The maximum Gasteiger partial charge on any atom is 0.145 e. The minimum atomic E-state index is 0.0551. The van der Waals surface area contributed by atoms with Crippen molar-refractivity contribution in [3.05, 3.63) is 23.4 Å².